The predicted octanol–water partition coefficient (Wildman–Crippen LogP) is 3.62. The van der Waals surface area contributed by atoms with Crippen LogP contribution in [0.2, 0.25) is 0 Å². The van der Waals surface area contributed by atoms with E-state index in [0.717, 1.165) is 25.8 Å². The summed E-state index contributed by atoms with van der Waals surface area (Å²) in [4.78, 5) is 33.2. The Labute approximate surface area is 200 Å². The quantitative estimate of drug-likeness (QED) is 0.409. The van der Waals surface area contributed by atoms with E-state index >= 15 is 0 Å². The first-order valence-electron chi connectivity index (χ1n) is 11.6. The first kappa shape index (κ1) is 25.2. The molecule has 0 fully saturated rings. The number of carbonyl (C=O) groups is 1. The number of hydrogen-bond donors (Lipinski definition) is 1. The molecule has 182 valence electrons. The Kier molecular flexibility index (Phi) is 8.65. The summed E-state index contributed by atoms with van der Waals surface area (Å²) in [5, 5.41) is 0.381. The van der Waals surface area contributed by atoms with Gasteiger partial charge in [0.05, 0.1) is 30.2 Å². The number of unbranched alkanes of at least 4 members (excludes halogenated alkanes) is 1. The summed E-state index contributed by atoms with van der Waals surface area (Å²) in [6.07, 6.45) is 2.93. The summed E-state index contributed by atoms with van der Waals surface area (Å²) >= 11 is 0. The maximum atomic E-state index is 13.8. The topological polar surface area (TPSA) is 99.7 Å². The van der Waals surface area contributed by atoms with E-state index in [1.807, 2.05) is 45.3 Å². The predicted molar refractivity (Wildman–Crippen MR) is 134 cm³/mol. The highest BCUT2D eigenvalue weighted by Gasteiger charge is 2.25. The van der Waals surface area contributed by atoms with E-state index in [1.54, 1.807) is 25.3 Å². The minimum absolute atomic E-state index is 0.329. The Balaban J connectivity index is 2.17. The molecule has 0 spiro atoms. The van der Waals surface area contributed by atoms with Crippen molar-refractivity contribution in [2.24, 2.45) is 5.73 Å². The molecule has 0 saturated carbocycles. The van der Waals surface area contributed by atoms with Crippen molar-refractivity contribution in [3.8, 4) is 22.9 Å². The lowest BCUT2D eigenvalue weighted by Crippen LogP contribution is -2.35. The third-order valence-electron chi connectivity index (χ3n) is 5.71. The Morgan fingerprint density at radius 3 is 2.62 bits per heavy atom. The Hall–Kier alpha value is -3.39. The van der Waals surface area contributed by atoms with Crippen LogP contribution < -0.4 is 20.8 Å². The molecule has 2 N–H and O–H groups in total. The molecule has 0 aliphatic rings. The fourth-order valence-electron chi connectivity index (χ4n) is 3.94. The second-order valence-corrected chi connectivity index (χ2v) is 8.56. The molecule has 1 amide bonds. The fourth-order valence-corrected chi connectivity index (χ4v) is 3.94. The second-order valence-electron chi connectivity index (χ2n) is 8.56. The van der Waals surface area contributed by atoms with Crippen LogP contribution in [0.5, 0.6) is 11.5 Å². The average molecular weight is 467 g/mol. The molecule has 3 aromatic rings. The standard InChI is InChI=1S/C26H34N4O4/c1-5-6-11-22(24(27)31)30-25(19-10-7-8-12-23(19)33-4)28-21-14-13-18(17-20(21)26(30)32)34-16-9-15-29(2)3/h7-8,10,12-14,17,22H,5-6,9,11,15-16H2,1-4H3,(H2,27,31). The SMILES string of the molecule is CCCCC(C(N)=O)n1c(-c2ccccc2OC)nc2ccc(OCCCN(C)C)cc2c1=O. The number of primary amides is 1. The van der Waals surface area contributed by atoms with Gasteiger partial charge in [-0.2, -0.15) is 0 Å². The molecule has 8 heteroatoms. The van der Waals surface area contributed by atoms with Gasteiger partial charge in [0.15, 0.2) is 0 Å². The summed E-state index contributed by atoms with van der Waals surface area (Å²) < 4.78 is 12.8. The number of ether oxygens (including phenoxy) is 2. The highest BCUT2D eigenvalue weighted by atomic mass is 16.5. The first-order valence-corrected chi connectivity index (χ1v) is 11.6. The fraction of sp³-hybridized carbons (Fsp3) is 0.423. The number of methoxy groups -OCH3 is 1. The number of fused-ring (bicyclic) bond motifs is 1. The molecule has 0 radical (unpaired) electrons. The van der Waals surface area contributed by atoms with Crippen LogP contribution >= 0.6 is 0 Å². The van der Waals surface area contributed by atoms with Gasteiger partial charge >= 0.3 is 0 Å². The van der Waals surface area contributed by atoms with Crippen molar-refractivity contribution in [2.75, 3.05) is 34.4 Å². The monoisotopic (exact) mass is 466 g/mol. The Bertz CT molecular complexity index is 1190. The molecule has 0 aliphatic heterocycles. The van der Waals surface area contributed by atoms with Gasteiger partial charge in [-0.25, -0.2) is 4.98 Å². The molecular formula is C26H34N4O4. The van der Waals surface area contributed by atoms with Gasteiger partial charge in [-0.15, -0.1) is 0 Å². The zero-order valence-electron chi connectivity index (χ0n) is 20.4. The number of nitrogens with zero attached hydrogens (tertiary/aromatic N) is 3. The molecule has 0 bridgehead atoms. The van der Waals surface area contributed by atoms with Crippen molar-refractivity contribution in [3.63, 3.8) is 0 Å². The average Bonchev–Trinajstić information content (AvgIpc) is 2.83. The minimum Gasteiger partial charge on any atom is -0.496 e. The van der Waals surface area contributed by atoms with Crippen LogP contribution in [0, 0.1) is 0 Å². The molecule has 3 rings (SSSR count). The van der Waals surface area contributed by atoms with Crippen molar-refractivity contribution >= 4 is 16.8 Å². The maximum Gasteiger partial charge on any atom is 0.262 e. The number of nitrogens with two attached hydrogens (primary N) is 1. The van der Waals surface area contributed by atoms with E-state index in [0.29, 0.717) is 46.8 Å². The van der Waals surface area contributed by atoms with Gasteiger partial charge in [-0.05, 0) is 57.3 Å². The van der Waals surface area contributed by atoms with Crippen LogP contribution in [0.4, 0.5) is 0 Å². The van der Waals surface area contributed by atoms with Crippen molar-refractivity contribution in [1.82, 2.24) is 14.5 Å². The number of rotatable bonds is 12. The molecule has 1 aromatic heterocycles. The first-order chi connectivity index (χ1) is 16.4. The third kappa shape index (κ3) is 5.75. The van der Waals surface area contributed by atoms with E-state index in [4.69, 9.17) is 20.2 Å². The molecule has 1 unspecified atom stereocenters. The molecule has 2 aromatic carbocycles. The van der Waals surface area contributed by atoms with Gasteiger partial charge in [0.2, 0.25) is 5.91 Å². The highest BCUT2D eigenvalue weighted by Crippen LogP contribution is 2.31. The van der Waals surface area contributed by atoms with Crippen LogP contribution in [-0.2, 0) is 4.79 Å². The number of aromatic nitrogens is 2. The summed E-state index contributed by atoms with van der Waals surface area (Å²) in [6.45, 7) is 3.47. The summed E-state index contributed by atoms with van der Waals surface area (Å²) in [6, 6.07) is 11.8. The van der Waals surface area contributed by atoms with Crippen LogP contribution in [0.1, 0.15) is 38.6 Å². The number of amides is 1. The maximum absolute atomic E-state index is 13.8. The lowest BCUT2D eigenvalue weighted by molar-refractivity contribution is -0.121. The molecule has 34 heavy (non-hydrogen) atoms. The zero-order valence-corrected chi connectivity index (χ0v) is 20.4. The van der Waals surface area contributed by atoms with Crippen LogP contribution in [0.25, 0.3) is 22.3 Å². The molecule has 0 saturated heterocycles. The van der Waals surface area contributed by atoms with E-state index in [9.17, 15) is 9.59 Å². The van der Waals surface area contributed by atoms with Crippen LogP contribution in [0.3, 0.4) is 0 Å². The normalized spacial score (nSPS) is 12.1. The number of carbonyl (C=O) groups excluding carboxylic acids is 1. The summed E-state index contributed by atoms with van der Waals surface area (Å²) in [7, 11) is 5.58. The summed E-state index contributed by atoms with van der Waals surface area (Å²) in [5.41, 5.74) is 6.60. The molecule has 8 nitrogen and oxygen atoms in total. The van der Waals surface area contributed by atoms with Gasteiger partial charge in [-0.3, -0.25) is 14.2 Å². The van der Waals surface area contributed by atoms with E-state index in [2.05, 4.69) is 4.90 Å². The molecule has 0 aliphatic carbocycles. The highest BCUT2D eigenvalue weighted by molar-refractivity contribution is 5.84. The summed E-state index contributed by atoms with van der Waals surface area (Å²) in [5.74, 6) is 0.937. The molecule has 1 heterocycles. The van der Waals surface area contributed by atoms with Gasteiger partial charge < -0.3 is 20.1 Å². The van der Waals surface area contributed by atoms with Crippen molar-refractivity contribution < 1.29 is 14.3 Å². The van der Waals surface area contributed by atoms with Crippen molar-refractivity contribution in [3.05, 3.63) is 52.8 Å². The number of hydrogen-bond acceptors (Lipinski definition) is 6. The van der Waals surface area contributed by atoms with Crippen molar-refractivity contribution in [2.45, 2.75) is 38.6 Å². The Morgan fingerprint density at radius 1 is 1.18 bits per heavy atom. The van der Waals surface area contributed by atoms with Gasteiger partial charge in [0.25, 0.3) is 5.56 Å². The van der Waals surface area contributed by atoms with Crippen LogP contribution in [0.15, 0.2) is 47.3 Å². The molecular weight excluding hydrogens is 432 g/mol. The minimum atomic E-state index is -0.825. The van der Waals surface area contributed by atoms with Gasteiger partial charge in [-0.1, -0.05) is 31.9 Å². The van der Waals surface area contributed by atoms with E-state index in [-0.39, 0.29) is 5.56 Å². The lowest BCUT2D eigenvalue weighted by atomic mass is 10.1. The third-order valence-corrected chi connectivity index (χ3v) is 5.71. The van der Waals surface area contributed by atoms with Crippen LogP contribution in [-0.4, -0.2) is 54.7 Å². The van der Waals surface area contributed by atoms with Gasteiger partial charge in [0, 0.05) is 6.54 Å². The smallest absolute Gasteiger partial charge is 0.262 e. The Morgan fingerprint density at radius 2 is 1.94 bits per heavy atom. The largest absolute Gasteiger partial charge is 0.496 e. The lowest BCUT2D eigenvalue weighted by Gasteiger charge is -2.22. The number of benzene rings is 2. The van der Waals surface area contributed by atoms with Crippen molar-refractivity contribution in [1.29, 1.82) is 0 Å². The van der Waals surface area contributed by atoms with Gasteiger partial charge in [0.1, 0.15) is 23.4 Å². The zero-order chi connectivity index (χ0) is 24.7. The van der Waals surface area contributed by atoms with E-state index < -0.39 is 11.9 Å². The number of para-hydroxylation sites is 1. The second kappa shape index (κ2) is 11.7. The van der Waals surface area contributed by atoms with E-state index in [1.165, 1.54) is 4.57 Å². The molecule has 1 atom stereocenters.